The Morgan fingerprint density at radius 1 is 1.07 bits per heavy atom. The lowest BCUT2D eigenvalue weighted by molar-refractivity contribution is -0.116. The van der Waals surface area contributed by atoms with Gasteiger partial charge in [-0.1, -0.05) is 24.3 Å². The summed E-state index contributed by atoms with van der Waals surface area (Å²) in [6.45, 7) is -2.48. The van der Waals surface area contributed by atoms with Crippen molar-refractivity contribution in [3.05, 3.63) is 59.7 Å². The summed E-state index contributed by atoms with van der Waals surface area (Å²) in [5.41, 5.74) is 1.62. The van der Waals surface area contributed by atoms with Gasteiger partial charge in [-0.15, -0.1) is 0 Å². The zero-order chi connectivity index (χ0) is 19.6. The first kappa shape index (κ1) is 20.2. The van der Waals surface area contributed by atoms with E-state index in [2.05, 4.69) is 10.1 Å². The van der Waals surface area contributed by atoms with E-state index < -0.39 is 6.61 Å². The number of benzene rings is 2. The molecule has 0 aliphatic rings. The fourth-order valence-electron chi connectivity index (χ4n) is 2.44. The third kappa shape index (κ3) is 6.29. The topological polar surface area (TPSA) is 56.8 Å². The average Bonchev–Trinajstić information content (AvgIpc) is 2.67. The van der Waals surface area contributed by atoms with Gasteiger partial charge in [-0.2, -0.15) is 8.78 Å². The Balaban J connectivity index is 1.90. The maximum absolute atomic E-state index is 12.3. The number of alkyl halides is 2. The van der Waals surface area contributed by atoms with E-state index in [9.17, 15) is 13.6 Å². The minimum atomic E-state index is -2.94. The number of ether oxygens (including phenoxy) is 3. The number of carbonyl (C=O) groups excluding carboxylic acids is 1. The number of rotatable bonds is 9. The molecular weight excluding hydrogens is 356 g/mol. The summed E-state index contributed by atoms with van der Waals surface area (Å²) in [6, 6.07) is 12.0. The van der Waals surface area contributed by atoms with Crippen LogP contribution in [0.1, 0.15) is 11.1 Å². The van der Waals surface area contributed by atoms with Gasteiger partial charge >= 0.3 is 6.61 Å². The molecule has 1 N–H and O–H groups in total. The number of halogens is 2. The number of hydrogen-bond acceptors (Lipinski definition) is 4. The van der Waals surface area contributed by atoms with Crippen molar-refractivity contribution in [3.63, 3.8) is 0 Å². The predicted molar refractivity (Wildman–Crippen MR) is 98.4 cm³/mol. The number of nitrogens with one attached hydrogen (secondary N) is 1. The van der Waals surface area contributed by atoms with Crippen LogP contribution in [-0.4, -0.2) is 33.3 Å². The van der Waals surface area contributed by atoms with Crippen LogP contribution in [0.5, 0.6) is 17.2 Å². The lowest BCUT2D eigenvalue weighted by Crippen LogP contribution is -2.23. The Kier molecular flexibility index (Phi) is 7.61. The molecule has 2 aromatic carbocycles. The van der Waals surface area contributed by atoms with Crippen molar-refractivity contribution >= 4 is 12.0 Å². The molecule has 0 fully saturated rings. The molecule has 144 valence electrons. The first-order valence-electron chi connectivity index (χ1n) is 8.24. The molecule has 0 unspecified atom stereocenters. The van der Waals surface area contributed by atoms with E-state index in [0.717, 1.165) is 11.3 Å². The largest absolute Gasteiger partial charge is 0.496 e. The van der Waals surface area contributed by atoms with Crippen LogP contribution in [-0.2, 0) is 11.2 Å². The molecule has 7 heteroatoms. The van der Waals surface area contributed by atoms with Crippen molar-refractivity contribution in [1.82, 2.24) is 5.32 Å². The molecule has 27 heavy (non-hydrogen) atoms. The summed E-state index contributed by atoms with van der Waals surface area (Å²) in [5.74, 6) is 0.609. The van der Waals surface area contributed by atoms with Crippen LogP contribution < -0.4 is 19.5 Å². The third-order valence-electron chi connectivity index (χ3n) is 3.72. The van der Waals surface area contributed by atoms with Crippen LogP contribution in [0.25, 0.3) is 6.08 Å². The van der Waals surface area contributed by atoms with E-state index in [1.54, 1.807) is 19.3 Å². The quantitative estimate of drug-likeness (QED) is 0.678. The highest BCUT2D eigenvalue weighted by molar-refractivity contribution is 5.91. The van der Waals surface area contributed by atoms with Gasteiger partial charge in [0.2, 0.25) is 5.91 Å². The lowest BCUT2D eigenvalue weighted by atomic mass is 10.1. The molecule has 5 nitrogen and oxygen atoms in total. The Morgan fingerprint density at radius 3 is 2.52 bits per heavy atom. The highest BCUT2D eigenvalue weighted by Gasteiger charge is 2.10. The van der Waals surface area contributed by atoms with Gasteiger partial charge in [-0.3, -0.25) is 4.79 Å². The third-order valence-corrected chi connectivity index (χ3v) is 3.72. The van der Waals surface area contributed by atoms with Crippen LogP contribution in [0, 0.1) is 0 Å². The molecule has 2 aromatic rings. The van der Waals surface area contributed by atoms with E-state index in [-0.39, 0.29) is 17.4 Å². The van der Waals surface area contributed by atoms with Gasteiger partial charge < -0.3 is 19.5 Å². The maximum Gasteiger partial charge on any atom is 0.387 e. The number of para-hydroxylation sites is 1. The number of amides is 1. The summed E-state index contributed by atoms with van der Waals surface area (Å²) in [4.78, 5) is 11.9. The molecule has 0 bridgehead atoms. The van der Waals surface area contributed by atoms with Crippen LogP contribution in [0.15, 0.2) is 48.5 Å². The van der Waals surface area contributed by atoms with E-state index in [1.807, 2.05) is 24.3 Å². The number of hydrogen-bond donors (Lipinski definition) is 1. The molecular formula is C20H21F2NO4. The zero-order valence-electron chi connectivity index (χ0n) is 15.1. The lowest BCUT2D eigenvalue weighted by Gasteiger charge is -2.10. The van der Waals surface area contributed by atoms with Crippen molar-refractivity contribution in [2.45, 2.75) is 13.0 Å². The molecule has 0 saturated heterocycles. The van der Waals surface area contributed by atoms with Gasteiger partial charge in [-0.05, 0) is 41.8 Å². The Hall–Kier alpha value is -3.09. The van der Waals surface area contributed by atoms with E-state index in [1.165, 1.54) is 25.3 Å². The van der Waals surface area contributed by atoms with Gasteiger partial charge in [0.15, 0.2) is 11.5 Å². The Bertz CT molecular complexity index is 793. The molecule has 0 heterocycles. The second kappa shape index (κ2) is 10.2. The van der Waals surface area contributed by atoms with Crippen molar-refractivity contribution in [1.29, 1.82) is 0 Å². The zero-order valence-corrected chi connectivity index (χ0v) is 15.1. The van der Waals surface area contributed by atoms with E-state index in [4.69, 9.17) is 9.47 Å². The predicted octanol–water partition coefficient (Wildman–Crippen LogP) is 3.68. The molecule has 0 atom stereocenters. The van der Waals surface area contributed by atoms with Crippen LogP contribution in [0.3, 0.4) is 0 Å². The van der Waals surface area contributed by atoms with Crippen molar-refractivity contribution < 1.29 is 27.8 Å². The summed E-state index contributed by atoms with van der Waals surface area (Å²) >= 11 is 0. The highest BCUT2D eigenvalue weighted by Crippen LogP contribution is 2.29. The van der Waals surface area contributed by atoms with Gasteiger partial charge in [0, 0.05) is 12.6 Å². The first-order chi connectivity index (χ1) is 13.0. The van der Waals surface area contributed by atoms with Crippen LogP contribution in [0.4, 0.5) is 8.78 Å². The monoisotopic (exact) mass is 377 g/mol. The maximum atomic E-state index is 12.3. The molecule has 1 amide bonds. The second-order valence-corrected chi connectivity index (χ2v) is 5.48. The summed E-state index contributed by atoms with van der Waals surface area (Å²) in [5, 5.41) is 2.78. The summed E-state index contributed by atoms with van der Waals surface area (Å²) in [6.07, 6.45) is 3.56. The average molecular weight is 377 g/mol. The minimum absolute atomic E-state index is 0.0640. The number of methoxy groups -OCH3 is 2. The van der Waals surface area contributed by atoms with Gasteiger partial charge in [-0.25, -0.2) is 0 Å². The summed E-state index contributed by atoms with van der Waals surface area (Å²) in [7, 11) is 2.96. The Labute approximate surface area is 156 Å². The molecule has 0 saturated carbocycles. The summed E-state index contributed by atoms with van der Waals surface area (Å²) < 4.78 is 39.3. The first-order valence-corrected chi connectivity index (χ1v) is 8.24. The molecule has 0 aromatic heterocycles. The van der Waals surface area contributed by atoms with Crippen LogP contribution >= 0.6 is 0 Å². The van der Waals surface area contributed by atoms with Gasteiger partial charge in [0.05, 0.1) is 14.2 Å². The fourth-order valence-corrected chi connectivity index (χ4v) is 2.44. The SMILES string of the molecule is COc1ccccc1CCNC(=O)/C=C/c1ccc(OC(F)F)c(OC)c1. The second-order valence-electron chi connectivity index (χ2n) is 5.48. The Morgan fingerprint density at radius 2 is 1.81 bits per heavy atom. The van der Waals surface area contributed by atoms with Gasteiger partial charge in [0.1, 0.15) is 5.75 Å². The number of carbonyl (C=O) groups is 1. The van der Waals surface area contributed by atoms with Crippen molar-refractivity contribution in [3.8, 4) is 17.2 Å². The smallest absolute Gasteiger partial charge is 0.387 e. The van der Waals surface area contributed by atoms with Crippen molar-refractivity contribution in [2.24, 2.45) is 0 Å². The highest BCUT2D eigenvalue weighted by atomic mass is 19.3. The van der Waals surface area contributed by atoms with E-state index >= 15 is 0 Å². The van der Waals surface area contributed by atoms with Crippen LogP contribution in [0.2, 0.25) is 0 Å². The van der Waals surface area contributed by atoms with Gasteiger partial charge in [0.25, 0.3) is 0 Å². The van der Waals surface area contributed by atoms with Crippen molar-refractivity contribution in [2.75, 3.05) is 20.8 Å². The molecule has 0 radical (unpaired) electrons. The molecule has 0 spiro atoms. The minimum Gasteiger partial charge on any atom is -0.496 e. The fraction of sp³-hybridized carbons (Fsp3) is 0.250. The molecule has 2 rings (SSSR count). The standard InChI is InChI=1S/C20H21F2NO4/c1-25-16-6-4-3-5-15(16)11-12-23-19(24)10-8-14-7-9-17(27-20(21)22)18(13-14)26-2/h3-10,13,20H,11-12H2,1-2H3,(H,23,24)/b10-8+. The normalized spacial score (nSPS) is 10.9. The molecule has 0 aliphatic heterocycles. The van der Waals surface area contributed by atoms with E-state index in [0.29, 0.717) is 18.5 Å². The molecule has 0 aliphatic carbocycles.